The lowest BCUT2D eigenvalue weighted by molar-refractivity contribution is -0.159. The molecule has 0 heterocycles. The van der Waals surface area contributed by atoms with E-state index in [1.807, 2.05) is 26.0 Å². The van der Waals surface area contributed by atoms with Crippen molar-refractivity contribution in [3.05, 3.63) is 89.2 Å². The van der Waals surface area contributed by atoms with Crippen molar-refractivity contribution in [1.29, 1.82) is 0 Å². The molecule has 0 bridgehead atoms. The quantitative estimate of drug-likeness (QED) is 0.456. The largest absolute Gasteiger partial charge is 0.508 e. The molecule has 0 radical (unpaired) electrons. The smallest absolute Gasteiger partial charge is 0.191 e. The van der Waals surface area contributed by atoms with Gasteiger partial charge in [-0.1, -0.05) is 49.4 Å². The molecule has 2 aromatic rings. The van der Waals surface area contributed by atoms with Crippen LogP contribution in [0.2, 0.25) is 0 Å². The molecule has 4 rings (SSSR count). The zero-order chi connectivity index (χ0) is 23.2. The first-order valence-corrected chi connectivity index (χ1v) is 12.2. The third-order valence-corrected chi connectivity index (χ3v) is 6.89. The zero-order valence-corrected chi connectivity index (χ0v) is 19.9. The number of phenolic OH excluding ortho intramolecular Hbond substituents is 1. The van der Waals surface area contributed by atoms with E-state index in [4.69, 9.17) is 14.2 Å². The van der Waals surface area contributed by atoms with E-state index in [0.29, 0.717) is 49.2 Å². The summed E-state index contributed by atoms with van der Waals surface area (Å²) in [5, 5.41) is 10.1. The first-order valence-electron chi connectivity index (χ1n) is 12.2. The molecule has 176 valence electrons. The molecule has 2 aromatic carbocycles. The van der Waals surface area contributed by atoms with Crippen molar-refractivity contribution >= 4 is 0 Å². The Morgan fingerprint density at radius 3 is 2.48 bits per heavy atom. The molecule has 2 aliphatic carbocycles. The fourth-order valence-electron chi connectivity index (χ4n) is 5.42. The molecule has 0 saturated carbocycles. The summed E-state index contributed by atoms with van der Waals surface area (Å²) in [5.74, 6) is 2.68. The second-order valence-electron chi connectivity index (χ2n) is 8.98. The maximum Gasteiger partial charge on any atom is 0.191 e. The average molecular weight is 449 g/mol. The molecule has 4 atom stereocenters. The van der Waals surface area contributed by atoms with Gasteiger partial charge in [0.25, 0.3) is 0 Å². The number of allylic oxidation sites excluding steroid dienone is 3. The van der Waals surface area contributed by atoms with Gasteiger partial charge in [-0.2, -0.15) is 0 Å². The Bertz CT molecular complexity index is 959. The highest BCUT2D eigenvalue weighted by atomic mass is 16.7. The Morgan fingerprint density at radius 2 is 1.79 bits per heavy atom. The minimum Gasteiger partial charge on any atom is -0.508 e. The van der Waals surface area contributed by atoms with E-state index in [0.717, 1.165) is 18.6 Å². The third kappa shape index (κ3) is 5.51. The Kier molecular flexibility index (Phi) is 7.89. The Morgan fingerprint density at radius 1 is 1.03 bits per heavy atom. The molecule has 33 heavy (non-hydrogen) atoms. The molecule has 0 saturated heterocycles. The number of hydrogen-bond acceptors (Lipinski definition) is 4. The summed E-state index contributed by atoms with van der Waals surface area (Å²) in [6.45, 7) is 7.77. The van der Waals surface area contributed by atoms with E-state index < -0.39 is 0 Å². The molecular weight excluding hydrogens is 412 g/mol. The Balaban J connectivity index is 1.56. The second-order valence-corrected chi connectivity index (χ2v) is 8.98. The summed E-state index contributed by atoms with van der Waals surface area (Å²) in [6, 6.07) is 16.8. The highest BCUT2D eigenvalue weighted by Crippen LogP contribution is 2.50. The van der Waals surface area contributed by atoms with Gasteiger partial charge in [0.2, 0.25) is 0 Å². The predicted octanol–water partition coefficient (Wildman–Crippen LogP) is 6.33. The fraction of sp³-hybridized carbons (Fsp3) is 0.448. The minimum atomic E-state index is -0.345. The van der Waals surface area contributed by atoms with Gasteiger partial charge in [0.1, 0.15) is 18.1 Å². The molecule has 1 N–H and O–H groups in total. The lowest BCUT2D eigenvalue weighted by Crippen LogP contribution is -2.29. The van der Waals surface area contributed by atoms with Crippen molar-refractivity contribution in [3.8, 4) is 5.75 Å². The van der Waals surface area contributed by atoms with Crippen LogP contribution >= 0.6 is 0 Å². The van der Waals surface area contributed by atoms with E-state index in [2.05, 4.69) is 61.5 Å². The Labute approximate surface area is 197 Å². The number of aryl methyl sites for hydroxylation is 1. The standard InChI is InChI=1S/C29H36O4/c1-4-31-28(32-5-2)19-33-24-13-16-25(20(3)17-24)29-26(21-9-7-6-8-10-21)14-11-22-18-23(30)12-15-27(22)29/h6-10,12-13,15-18,20,25-26,28-30H,4-5,11,14,19H2,1-3H3/t20?,25?,26-,29+/m1/s1. The van der Waals surface area contributed by atoms with Gasteiger partial charge < -0.3 is 19.3 Å². The van der Waals surface area contributed by atoms with E-state index >= 15 is 0 Å². The molecule has 4 heteroatoms. The molecule has 0 aliphatic heterocycles. The fourth-order valence-corrected chi connectivity index (χ4v) is 5.42. The van der Waals surface area contributed by atoms with Crippen molar-refractivity contribution in [1.82, 2.24) is 0 Å². The maximum absolute atomic E-state index is 10.1. The van der Waals surface area contributed by atoms with E-state index in [9.17, 15) is 5.11 Å². The third-order valence-electron chi connectivity index (χ3n) is 6.89. The van der Waals surface area contributed by atoms with Gasteiger partial charge in [0, 0.05) is 13.2 Å². The van der Waals surface area contributed by atoms with Crippen LogP contribution in [-0.4, -0.2) is 31.2 Å². The summed E-state index contributed by atoms with van der Waals surface area (Å²) in [6.07, 6.45) is 8.39. The summed E-state index contributed by atoms with van der Waals surface area (Å²) in [5.41, 5.74) is 4.03. The van der Waals surface area contributed by atoms with Gasteiger partial charge in [-0.15, -0.1) is 0 Å². The van der Waals surface area contributed by atoms with Gasteiger partial charge >= 0.3 is 0 Å². The minimum absolute atomic E-state index is 0.318. The van der Waals surface area contributed by atoms with Crippen molar-refractivity contribution < 1.29 is 19.3 Å². The average Bonchev–Trinajstić information content (AvgIpc) is 2.83. The van der Waals surface area contributed by atoms with Crippen LogP contribution in [0.5, 0.6) is 5.75 Å². The van der Waals surface area contributed by atoms with Crippen molar-refractivity contribution in [3.63, 3.8) is 0 Å². The van der Waals surface area contributed by atoms with Crippen LogP contribution in [0, 0.1) is 11.8 Å². The highest BCUT2D eigenvalue weighted by Gasteiger charge is 2.38. The van der Waals surface area contributed by atoms with Gasteiger partial charge in [0.15, 0.2) is 6.29 Å². The zero-order valence-electron chi connectivity index (χ0n) is 19.9. The van der Waals surface area contributed by atoms with Gasteiger partial charge in [0.05, 0.1) is 0 Å². The van der Waals surface area contributed by atoms with Crippen LogP contribution in [0.1, 0.15) is 55.7 Å². The van der Waals surface area contributed by atoms with Crippen LogP contribution in [0.3, 0.4) is 0 Å². The van der Waals surface area contributed by atoms with Gasteiger partial charge in [-0.3, -0.25) is 0 Å². The summed E-state index contributed by atoms with van der Waals surface area (Å²) >= 11 is 0. The highest BCUT2D eigenvalue weighted by molar-refractivity contribution is 5.44. The van der Waals surface area contributed by atoms with Crippen molar-refractivity contribution in [2.45, 2.75) is 51.7 Å². The number of rotatable bonds is 9. The molecular formula is C29H36O4. The first-order chi connectivity index (χ1) is 16.1. The first kappa shape index (κ1) is 23.6. The Hall–Kier alpha value is -2.56. The summed E-state index contributed by atoms with van der Waals surface area (Å²) < 4.78 is 17.3. The lowest BCUT2D eigenvalue weighted by atomic mass is 9.63. The SMILES string of the molecule is CCOC(COC1=CC(C)C([C@@H]2c3ccc(O)cc3CC[C@@H]2c2ccccc2)C=C1)OCC. The maximum atomic E-state index is 10.1. The monoisotopic (exact) mass is 448 g/mol. The normalized spacial score (nSPS) is 24.4. The van der Waals surface area contributed by atoms with Crippen molar-refractivity contribution in [2.24, 2.45) is 11.8 Å². The van der Waals surface area contributed by atoms with E-state index in [1.54, 1.807) is 0 Å². The van der Waals surface area contributed by atoms with Crippen LogP contribution in [0.15, 0.2) is 72.5 Å². The van der Waals surface area contributed by atoms with Gasteiger partial charge in [-0.25, -0.2) is 0 Å². The molecule has 4 nitrogen and oxygen atoms in total. The van der Waals surface area contributed by atoms with Crippen LogP contribution in [0.25, 0.3) is 0 Å². The van der Waals surface area contributed by atoms with Crippen molar-refractivity contribution in [2.75, 3.05) is 19.8 Å². The molecule has 2 unspecified atom stereocenters. The molecule has 0 amide bonds. The second kappa shape index (κ2) is 11.0. The van der Waals surface area contributed by atoms with Crippen LogP contribution < -0.4 is 0 Å². The van der Waals surface area contributed by atoms with Gasteiger partial charge in [-0.05, 0) is 91.3 Å². The number of benzene rings is 2. The van der Waals surface area contributed by atoms with E-state index in [1.165, 1.54) is 16.7 Å². The molecule has 0 spiro atoms. The lowest BCUT2D eigenvalue weighted by Gasteiger charge is -2.41. The summed E-state index contributed by atoms with van der Waals surface area (Å²) in [7, 11) is 0. The molecule has 2 aliphatic rings. The van der Waals surface area contributed by atoms with E-state index in [-0.39, 0.29) is 6.29 Å². The number of fused-ring (bicyclic) bond motifs is 1. The number of hydrogen-bond donors (Lipinski definition) is 1. The number of phenols is 1. The number of ether oxygens (including phenoxy) is 3. The summed E-state index contributed by atoms with van der Waals surface area (Å²) in [4.78, 5) is 0. The predicted molar refractivity (Wildman–Crippen MR) is 131 cm³/mol. The number of aromatic hydroxyl groups is 1. The van der Waals surface area contributed by atoms with Crippen LogP contribution in [0.4, 0.5) is 0 Å². The van der Waals surface area contributed by atoms with Crippen LogP contribution in [-0.2, 0) is 20.6 Å². The molecule has 0 aromatic heterocycles. The molecule has 0 fully saturated rings. The topological polar surface area (TPSA) is 47.9 Å².